The smallest absolute Gasteiger partial charge is 0.224 e. The van der Waals surface area contributed by atoms with Gasteiger partial charge in [-0.25, -0.2) is 0 Å². The van der Waals surface area contributed by atoms with Crippen molar-refractivity contribution in [3.8, 4) is 12.3 Å². The number of nitrogens with one attached hydrogen (secondary N) is 2. The Kier molecular flexibility index (Phi) is 11.8. The second-order valence-corrected chi connectivity index (χ2v) is 4.80. The van der Waals surface area contributed by atoms with E-state index in [0.717, 1.165) is 12.1 Å². The minimum atomic E-state index is 0. The van der Waals surface area contributed by atoms with Crippen LogP contribution in [0.25, 0.3) is 0 Å². The third-order valence-electron chi connectivity index (χ3n) is 2.99. The van der Waals surface area contributed by atoms with Gasteiger partial charge in [0.2, 0.25) is 5.91 Å². The molecule has 0 aliphatic heterocycles. The average molecular weight is 428 g/mol. The topological polar surface area (TPSA) is 56.7 Å². The molecule has 0 radical (unpaired) electrons. The lowest BCUT2D eigenvalue weighted by Gasteiger charge is -2.17. The zero-order chi connectivity index (χ0) is 16.2. The SMILES string of the molecule is C#CCNC(=NCCC(=O)N(C)Cc1ccccc1)NCC.I. The Morgan fingerprint density at radius 3 is 2.61 bits per heavy atom. The summed E-state index contributed by atoms with van der Waals surface area (Å²) in [5.74, 6) is 3.20. The maximum Gasteiger partial charge on any atom is 0.224 e. The molecule has 0 spiro atoms. The van der Waals surface area contributed by atoms with Gasteiger partial charge in [-0.3, -0.25) is 9.79 Å². The predicted octanol–water partition coefficient (Wildman–Crippen LogP) is 1.84. The van der Waals surface area contributed by atoms with Crippen molar-refractivity contribution in [2.75, 3.05) is 26.7 Å². The van der Waals surface area contributed by atoms with Crippen LogP contribution in [0.3, 0.4) is 0 Å². The van der Waals surface area contributed by atoms with E-state index in [1.807, 2.05) is 37.3 Å². The molecule has 0 aliphatic rings. The molecular weight excluding hydrogens is 403 g/mol. The van der Waals surface area contributed by atoms with Crippen LogP contribution in [0.15, 0.2) is 35.3 Å². The number of nitrogens with zero attached hydrogens (tertiary/aromatic N) is 2. The van der Waals surface area contributed by atoms with E-state index in [1.165, 1.54) is 0 Å². The number of carbonyl (C=O) groups excluding carboxylic acids is 1. The van der Waals surface area contributed by atoms with Crippen LogP contribution < -0.4 is 10.6 Å². The summed E-state index contributed by atoms with van der Waals surface area (Å²) in [6.45, 7) is 4.18. The van der Waals surface area contributed by atoms with Crippen LogP contribution in [0.2, 0.25) is 0 Å². The molecule has 0 fully saturated rings. The molecule has 0 bridgehead atoms. The molecule has 0 atom stereocenters. The van der Waals surface area contributed by atoms with E-state index in [1.54, 1.807) is 11.9 Å². The van der Waals surface area contributed by atoms with Gasteiger partial charge in [-0.15, -0.1) is 30.4 Å². The molecule has 0 heterocycles. The van der Waals surface area contributed by atoms with E-state index >= 15 is 0 Å². The number of rotatable bonds is 7. The number of terminal acetylenes is 1. The Balaban J connectivity index is 0.00000484. The summed E-state index contributed by atoms with van der Waals surface area (Å²) in [6, 6.07) is 9.92. The second-order valence-electron chi connectivity index (χ2n) is 4.80. The van der Waals surface area contributed by atoms with Crippen molar-refractivity contribution in [3.63, 3.8) is 0 Å². The van der Waals surface area contributed by atoms with E-state index in [2.05, 4.69) is 21.5 Å². The molecule has 0 saturated heterocycles. The minimum Gasteiger partial charge on any atom is -0.357 e. The number of halogens is 1. The van der Waals surface area contributed by atoms with Crippen LogP contribution in [0.5, 0.6) is 0 Å². The first-order chi connectivity index (χ1) is 10.7. The molecule has 5 nitrogen and oxygen atoms in total. The van der Waals surface area contributed by atoms with Crippen molar-refractivity contribution in [2.24, 2.45) is 4.99 Å². The van der Waals surface area contributed by atoms with E-state index in [-0.39, 0.29) is 29.9 Å². The fourth-order valence-corrected chi connectivity index (χ4v) is 1.88. The molecule has 23 heavy (non-hydrogen) atoms. The monoisotopic (exact) mass is 428 g/mol. The molecule has 0 aliphatic carbocycles. The summed E-state index contributed by atoms with van der Waals surface area (Å²) in [5.41, 5.74) is 1.12. The highest BCUT2D eigenvalue weighted by molar-refractivity contribution is 14.0. The van der Waals surface area contributed by atoms with Gasteiger partial charge in [-0.1, -0.05) is 36.3 Å². The third kappa shape index (κ3) is 9.08. The fraction of sp³-hybridized carbons (Fsp3) is 0.412. The minimum absolute atomic E-state index is 0. The van der Waals surface area contributed by atoms with Crippen LogP contribution in [0.1, 0.15) is 18.9 Å². The van der Waals surface area contributed by atoms with E-state index in [4.69, 9.17) is 6.42 Å². The van der Waals surface area contributed by atoms with Crippen molar-refractivity contribution in [1.29, 1.82) is 0 Å². The summed E-state index contributed by atoms with van der Waals surface area (Å²) in [7, 11) is 1.81. The lowest BCUT2D eigenvalue weighted by Crippen LogP contribution is -2.37. The highest BCUT2D eigenvalue weighted by atomic mass is 127. The van der Waals surface area contributed by atoms with Crippen molar-refractivity contribution in [3.05, 3.63) is 35.9 Å². The number of guanidine groups is 1. The Hall–Kier alpha value is -1.75. The Labute approximate surface area is 156 Å². The van der Waals surface area contributed by atoms with Gasteiger partial charge >= 0.3 is 0 Å². The van der Waals surface area contributed by atoms with Gasteiger partial charge in [0.25, 0.3) is 0 Å². The fourth-order valence-electron chi connectivity index (χ4n) is 1.88. The number of aliphatic imine (C=N–C) groups is 1. The van der Waals surface area contributed by atoms with Crippen molar-refractivity contribution in [1.82, 2.24) is 15.5 Å². The van der Waals surface area contributed by atoms with Gasteiger partial charge in [0.05, 0.1) is 13.1 Å². The molecule has 1 amide bonds. The first-order valence-corrected chi connectivity index (χ1v) is 7.41. The van der Waals surface area contributed by atoms with Gasteiger partial charge in [0, 0.05) is 26.6 Å². The molecule has 126 valence electrons. The standard InChI is InChI=1S/C17H24N4O.HI/c1-4-12-19-17(18-5-2)20-13-11-16(22)21(3)14-15-9-7-6-8-10-15;/h1,6-10H,5,11-14H2,2-3H3,(H2,18,19,20);1H. The summed E-state index contributed by atoms with van der Waals surface area (Å²) in [5, 5.41) is 6.07. The molecule has 1 aromatic rings. The van der Waals surface area contributed by atoms with Gasteiger partial charge in [0.1, 0.15) is 0 Å². The van der Waals surface area contributed by atoms with E-state index in [9.17, 15) is 4.79 Å². The van der Waals surface area contributed by atoms with Crippen LogP contribution in [0, 0.1) is 12.3 Å². The Bertz CT molecular complexity index is 525. The maximum atomic E-state index is 12.1. The molecule has 6 heteroatoms. The number of hydrogen-bond acceptors (Lipinski definition) is 2. The van der Waals surface area contributed by atoms with Crippen molar-refractivity contribution >= 4 is 35.8 Å². The van der Waals surface area contributed by atoms with Crippen LogP contribution >= 0.6 is 24.0 Å². The molecule has 2 N–H and O–H groups in total. The van der Waals surface area contributed by atoms with Crippen molar-refractivity contribution in [2.45, 2.75) is 19.9 Å². The highest BCUT2D eigenvalue weighted by Crippen LogP contribution is 2.03. The molecule has 1 aromatic carbocycles. The summed E-state index contributed by atoms with van der Waals surface area (Å²) in [4.78, 5) is 18.1. The average Bonchev–Trinajstić information content (AvgIpc) is 2.53. The van der Waals surface area contributed by atoms with Crippen LogP contribution in [0.4, 0.5) is 0 Å². The summed E-state index contributed by atoms with van der Waals surface area (Å²) in [6.07, 6.45) is 5.58. The third-order valence-corrected chi connectivity index (χ3v) is 2.99. The van der Waals surface area contributed by atoms with E-state index < -0.39 is 0 Å². The summed E-state index contributed by atoms with van der Waals surface area (Å²) < 4.78 is 0. The molecule has 0 aromatic heterocycles. The van der Waals surface area contributed by atoms with Gasteiger partial charge in [-0.05, 0) is 12.5 Å². The van der Waals surface area contributed by atoms with Gasteiger partial charge in [0.15, 0.2) is 5.96 Å². The first-order valence-electron chi connectivity index (χ1n) is 7.41. The second kappa shape index (κ2) is 12.8. The lowest BCUT2D eigenvalue weighted by molar-refractivity contribution is -0.130. The number of carbonyl (C=O) groups is 1. The molecule has 0 unspecified atom stereocenters. The van der Waals surface area contributed by atoms with E-state index in [0.29, 0.717) is 32.0 Å². The zero-order valence-electron chi connectivity index (χ0n) is 13.7. The number of hydrogen-bond donors (Lipinski definition) is 2. The molecule has 0 saturated carbocycles. The highest BCUT2D eigenvalue weighted by Gasteiger charge is 2.08. The maximum absolute atomic E-state index is 12.1. The van der Waals surface area contributed by atoms with Crippen LogP contribution in [-0.2, 0) is 11.3 Å². The zero-order valence-corrected chi connectivity index (χ0v) is 16.0. The summed E-state index contributed by atoms with van der Waals surface area (Å²) >= 11 is 0. The lowest BCUT2D eigenvalue weighted by atomic mass is 10.2. The van der Waals surface area contributed by atoms with Gasteiger partial charge in [-0.2, -0.15) is 0 Å². The van der Waals surface area contributed by atoms with Gasteiger partial charge < -0.3 is 15.5 Å². The predicted molar refractivity (Wildman–Crippen MR) is 106 cm³/mol. The first kappa shape index (κ1) is 21.2. The molecular formula is C17H25IN4O. The normalized spacial score (nSPS) is 10.2. The Morgan fingerprint density at radius 1 is 1.30 bits per heavy atom. The van der Waals surface area contributed by atoms with Crippen molar-refractivity contribution < 1.29 is 4.79 Å². The Morgan fingerprint density at radius 2 is 2.00 bits per heavy atom. The number of amides is 1. The number of benzene rings is 1. The largest absolute Gasteiger partial charge is 0.357 e. The molecule has 1 rings (SSSR count). The quantitative estimate of drug-likeness (QED) is 0.302. The van der Waals surface area contributed by atoms with Crippen LogP contribution in [-0.4, -0.2) is 43.4 Å².